The minimum atomic E-state index is -0.965. The van der Waals surface area contributed by atoms with Crippen LogP contribution < -0.4 is 0 Å². The quantitative estimate of drug-likeness (QED) is 0.800. The molecule has 0 aliphatic rings. The van der Waals surface area contributed by atoms with Crippen molar-refractivity contribution in [1.82, 2.24) is 9.97 Å². The zero-order chi connectivity index (χ0) is 14.7. The minimum Gasteiger partial charge on any atom is -0.477 e. The van der Waals surface area contributed by atoms with E-state index in [9.17, 15) is 9.90 Å². The van der Waals surface area contributed by atoms with Crippen molar-refractivity contribution in [2.24, 2.45) is 0 Å². The number of carboxylic acid groups (broad SMARTS) is 1. The SMILES string of the molecule is O=C(O)c1sc(Cc2ccccc2)nc1-c1ccccn1. The maximum absolute atomic E-state index is 11.4. The number of nitrogens with zero attached hydrogens (tertiary/aromatic N) is 2. The van der Waals surface area contributed by atoms with Crippen LogP contribution in [0.2, 0.25) is 0 Å². The maximum Gasteiger partial charge on any atom is 0.348 e. The van der Waals surface area contributed by atoms with Gasteiger partial charge in [0.1, 0.15) is 10.6 Å². The first-order valence-corrected chi connectivity index (χ1v) is 7.24. The van der Waals surface area contributed by atoms with Crippen molar-refractivity contribution in [1.29, 1.82) is 0 Å². The van der Waals surface area contributed by atoms with Gasteiger partial charge in [-0.3, -0.25) is 4.98 Å². The van der Waals surface area contributed by atoms with E-state index in [-0.39, 0.29) is 4.88 Å². The molecule has 4 nitrogen and oxygen atoms in total. The Bertz CT molecular complexity index is 754. The summed E-state index contributed by atoms with van der Waals surface area (Å²) in [6.07, 6.45) is 2.26. The van der Waals surface area contributed by atoms with Crippen LogP contribution in [0.15, 0.2) is 54.7 Å². The molecule has 2 aromatic heterocycles. The molecule has 21 heavy (non-hydrogen) atoms. The first-order valence-electron chi connectivity index (χ1n) is 6.42. The Labute approximate surface area is 125 Å². The maximum atomic E-state index is 11.4. The lowest BCUT2D eigenvalue weighted by molar-refractivity contribution is 0.0702. The second-order valence-corrected chi connectivity index (χ2v) is 5.55. The van der Waals surface area contributed by atoms with E-state index >= 15 is 0 Å². The summed E-state index contributed by atoms with van der Waals surface area (Å²) in [6.45, 7) is 0. The molecule has 0 amide bonds. The zero-order valence-electron chi connectivity index (χ0n) is 11.1. The van der Waals surface area contributed by atoms with Crippen molar-refractivity contribution in [3.63, 3.8) is 0 Å². The van der Waals surface area contributed by atoms with Gasteiger partial charge in [-0.15, -0.1) is 11.3 Å². The number of benzene rings is 1. The normalized spacial score (nSPS) is 10.5. The molecule has 0 radical (unpaired) electrons. The fraction of sp³-hybridized carbons (Fsp3) is 0.0625. The molecule has 0 bridgehead atoms. The zero-order valence-corrected chi connectivity index (χ0v) is 11.9. The summed E-state index contributed by atoms with van der Waals surface area (Å²) in [5.41, 5.74) is 2.14. The largest absolute Gasteiger partial charge is 0.477 e. The third-order valence-corrected chi connectivity index (χ3v) is 4.01. The Hall–Kier alpha value is -2.53. The minimum absolute atomic E-state index is 0.236. The molecular weight excluding hydrogens is 284 g/mol. The van der Waals surface area contributed by atoms with Gasteiger partial charge in [0.15, 0.2) is 0 Å². The summed E-state index contributed by atoms with van der Waals surface area (Å²) >= 11 is 1.21. The van der Waals surface area contributed by atoms with Crippen molar-refractivity contribution >= 4 is 17.3 Å². The van der Waals surface area contributed by atoms with Gasteiger partial charge in [-0.1, -0.05) is 36.4 Å². The fourth-order valence-electron chi connectivity index (χ4n) is 2.03. The third kappa shape index (κ3) is 2.98. The van der Waals surface area contributed by atoms with Crippen LogP contribution in [0.4, 0.5) is 0 Å². The molecular formula is C16H12N2O2S. The van der Waals surface area contributed by atoms with Crippen LogP contribution in [-0.4, -0.2) is 21.0 Å². The lowest BCUT2D eigenvalue weighted by Gasteiger charge is -1.97. The van der Waals surface area contributed by atoms with E-state index in [1.807, 2.05) is 36.4 Å². The molecule has 0 saturated carbocycles. The van der Waals surface area contributed by atoms with E-state index in [1.54, 1.807) is 18.3 Å². The number of thiazole rings is 1. The Morgan fingerprint density at radius 1 is 1.10 bits per heavy atom. The summed E-state index contributed by atoms with van der Waals surface area (Å²) in [6, 6.07) is 15.3. The fourth-order valence-corrected chi connectivity index (χ4v) is 2.98. The van der Waals surface area contributed by atoms with Crippen molar-refractivity contribution < 1.29 is 9.90 Å². The molecule has 0 fully saturated rings. The lowest BCUT2D eigenvalue weighted by atomic mass is 10.2. The van der Waals surface area contributed by atoms with E-state index < -0.39 is 5.97 Å². The Kier molecular flexibility index (Phi) is 3.75. The van der Waals surface area contributed by atoms with Crippen LogP contribution >= 0.6 is 11.3 Å². The van der Waals surface area contributed by atoms with E-state index in [0.717, 1.165) is 10.6 Å². The molecule has 5 heteroatoms. The number of aromatic carboxylic acids is 1. The van der Waals surface area contributed by atoms with Gasteiger partial charge in [-0.25, -0.2) is 9.78 Å². The monoisotopic (exact) mass is 296 g/mol. The van der Waals surface area contributed by atoms with Crippen LogP contribution in [0.1, 0.15) is 20.2 Å². The molecule has 104 valence electrons. The first kappa shape index (κ1) is 13.5. The van der Waals surface area contributed by atoms with Gasteiger partial charge in [0, 0.05) is 12.6 Å². The molecule has 0 atom stereocenters. The van der Waals surface area contributed by atoms with E-state index in [1.165, 1.54) is 11.3 Å². The van der Waals surface area contributed by atoms with E-state index in [0.29, 0.717) is 17.8 Å². The summed E-state index contributed by atoms with van der Waals surface area (Å²) in [5.74, 6) is -0.965. The van der Waals surface area contributed by atoms with Gasteiger partial charge < -0.3 is 5.11 Å². The smallest absolute Gasteiger partial charge is 0.348 e. The van der Waals surface area contributed by atoms with Gasteiger partial charge in [0.25, 0.3) is 0 Å². The topological polar surface area (TPSA) is 63.1 Å². The molecule has 0 saturated heterocycles. The molecule has 1 N–H and O–H groups in total. The molecule has 0 unspecified atom stereocenters. The first-order chi connectivity index (χ1) is 10.2. The average molecular weight is 296 g/mol. The van der Waals surface area contributed by atoms with Gasteiger partial charge in [0.2, 0.25) is 0 Å². The third-order valence-electron chi connectivity index (χ3n) is 2.97. The van der Waals surface area contributed by atoms with Crippen molar-refractivity contribution in [2.75, 3.05) is 0 Å². The number of hydrogen-bond acceptors (Lipinski definition) is 4. The summed E-state index contributed by atoms with van der Waals surface area (Å²) in [5, 5.41) is 10.1. The highest BCUT2D eigenvalue weighted by molar-refractivity contribution is 7.14. The lowest BCUT2D eigenvalue weighted by Crippen LogP contribution is -1.96. The number of hydrogen-bond donors (Lipinski definition) is 1. The highest BCUT2D eigenvalue weighted by atomic mass is 32.1. The highest BCUT2D eigenvalue weighted by Crippen LogP contribution is 2.28. The molecule has 2 heterocycles. The molecule has 1 aromatic carbocycles. The summed E-state index contributed by atoms with van der Waals surface area (Å²) in [4.78, 5) is 20.3. The average Bonchev–Trinajstić information content (AvgIpc) is 2.93. The molecule has 0 aliphatic heterocycles. The highest BCUT2D eigenvalue weighted by Gasteiger charge is 2.19. The second kappa shape index (κ2) is 5.85. The van der Waals surface area contributed by atoms with Crippen molar-refractivity contribution in [3.8, 4) is 11.4 Å². The Balaban J connectivity index is 1.99. The number of aromatic nitrogens is 2. The van der Waals surface area contributed by atoms with Crippen LogP contribution in [0.5, 0.6) is 0 Å². The predicted molar refractivity (Wildman–Crippen MR) is 81.6 cm³/mol. The van der Waals surface area contributed by atoms with Crippen molar-refractivity contribution in [2.45, 2.75) is 6.42 Å². The Morgan fingerprint density at radius 3 is 2.52 bits per heavy atom. The predicted octanol–water partition coefficient (Wildman–Crippen LogP) is 3.49. The Morgan fingerprint density at radius 2 is 1.86 bits per heavy atom. The summed E-state index contributed by atoms with van der Waals surface area (Å²) < 4.78 is 0. The van der Waals surface area contributed by atoms with Gasteiger partial charge >= 0.3 is 5.97 Å². The van der Waals surface area contributed by atoms with Crippen molar-refractivity contribution in [3.05, 3.63) is 70.2 Å². The number of pyridine rings is 1. The number of carbonyl (C=O) groups is 1. The molecule has 3 aromatic rings. The number of rotatable bonds is 4. The van der Waals surface area contributed by atoms with E-state index in [2.05, 4.69) is 9.97 Å². The molecule has 3 rings (SSSR count). The van der Waals surface area contributed by atoms with Crippen LogP contribution in [0, 0.1) is 0 Å². The van der Waals surface area contributed by atoms with Crippen LogP contribution in [-0.2, 0) is 6.42 Å². The van der Waals surface area contributed by atoms with Gasteiger partial charge in [-0.05, 0) is 17.7 Å². The van der Waals surface area contributed by atoms with Crippen LogP contribution in [0.3, 0.4) is 0 Å². The molecule has 0 aliphatic carbocycles. The van der Waals surface area contributed by atoms with Gasteiger partial charge in [-0.2, -0.15) is 0 Å². The summed E-state index contributed by atoms with van der Waals surface area (Å²) in [7, 11) is 0. The van der Waals surface area contributed by atoms with E-state index in [4.69, 9.17) is 0 Å². The van der Waals surface area contributed by atoms with Gasteiger partial charge in [0.05, 0.1) is 10.7 Å². The van der Waals surface area contributed by atoms with Crippen LogP contribution in [0.25, 0.3) is 11.4 Å². The second-order valence-electron chi connectivity index (χ2n) is 4.47. The number of carboxylic acids is 1. The standard InChI is InChI=1S/C16H12N2O2S/c19-16(20)15-14(12-8-4-5-9-17-12)18-13(21-15)10-11-6-2-1-3-7-11/h1-9H,10H2,(H,19,20). The molecule has 0 spiro atoms.